The summed E-state index contributed by atoms with van der Waals surface area (Å²) >= 11 is 5.95. The first-order chi connectivity index (χ1) is 9.11. The van der Waals surface area contributed by atoms with E-state index in [1.165, 1.54) is 32.4 Å². The molecule has 2 saturated carbocycles. The lowest BCUT2D eigenvalue weighted by Gasteiger charge is -2.27. The Bertz CT molecular complexity index is 491. The van der Waals surface area contributed by atoms with Gasteiger partial charge >= 0.3 is 0 Å². The lowest BCUT2D eigenvalue weighted by Crippen LogP contribution is -2.26. The van der Waals surface area contributed by atoms with E-state index >= 15 is 0 Å². The molecule has 102 valence electrons. The molecule has 1 aromatic heterocycles. The summed E-state index contributed by atoms with van der Waals surface area (Å²) in [4.78, 5) is 15.6. The highest BCUT2D eigenvalue weighted by atomic mass is 35.5. The normalized spacial score (nSPS) is 29.3. The number of hydrogen-bond acceptors (Lipinski definition) is 3. The minimum Gasteiger partial charge on any atom is -0.474 e. The smallest absolute Gasteiger partial charge is 0.214 e. The molecule has 1 heterocycles. The number of carbonyl (C=O) groups is 1. The van der Waals surface area contributed by atoms with Crippen molar-refractivity contribution in [1.29, 1.82) is 0 Å². The molecule has 0 spiro atoms. The molecule has 0 radical (unpaired) electrons. The van der Waals surface area contributed by atoms with Gasteiger partial charge in [-0.3, -0.25) is 4.79 Å². The van der Waals surface area contributed by atoms with Gasteiger partial charge < -0.3 is 4.74 Å². The fourth-order valence-corrected chi connectivity index (χ4v) is 3.70. The second kappa shape index (κ2) is 5.12. The molecular formula is C15H18ClNO2. The minimum absolute atomic E-state index is 0.0547. The maximum absolute atomic E-state index is 11.5. The summed E-state index contributed by atoms with van der Waals surface area (Å²) in [6, 6.07) is 1.67. The summed E-state index contributed by atoms with van der Waals surface area (Å²) in [5.74, 6) is 2.12. The molecule has 2 aliphatic carbocycles. The fourth-order valence-electron chi connectivity index (χ4n) is 3.47. The highest BCUT2D eigenvalue weighted by Gasteiger charge is 2.35. The fraction of sp³-hybridized carbons (Fsp3) is 0.600. The van der Waals surface area contributed by atoms with Gasteiger partial charge in [-0.2, -0.15) is 0 Å². The second-order valence-corrected chi connectivity index (χ2v) is 6.22. The summed E-state index contributed by atoms with van der Waals surface area (Å²) in [5, 5.41) is 0.392. The van der Waals surface area contributed by atoms with Gasteiger partial charge in [0.1, 0.15) is 6.10 Å². The van der Waals surface area contributed by atoms with E-state index < -0.39 is 0 Å². The molecule has 1 unspecified atom stereocenters. The van der Waals surface area contributed by atoms with E-state index in [9.17, 15) is 4.79 Å². The van der Waals surface area contributed by atoms with Gasteiger partial charge in [0.05, 0.1) is 11.2 Å². The first-order valence-corrected chi connectivity index (χ1v) is 7.32. The van der Waals surface area contributed by atoms with Crippen LogP contribution in [-0.2, 0) is 0 Å². The Labute approximate surface area is 118 Å². The van der Waals surface area contributed by atoms with Crippen molar-refractivity contribution in [3.8, 4) is 5.88 Å². The zero-order valence-electron chi connectivity index (χ0n) is 11.1. The quantitative estimate of drug-likeness (QED) is 0.788. The number of pyridine rings is 1. The Morgan fingerprint density at radius 1 is 1.32 bits per heavy atom. The Balaban J connectivity index is 1.73. The maximum atomic E-state index is 11.5. The van der Waals surface area contributed by atoms with Gasteiger partial charge in [0.15, 0.2) is 5.78 Å². The number of fused-ring (bicyclic) bond motifs is 2. The predicted molar refractivity (Wildman–Crippen MR) is 73.7 cm³/mol. The van der Waals surface area contributed by atoms with Crippen LogP contribution in [0.3, 0.4) is 0 Å². The molecule has 2 aliphatic rings. The van der Waals surface area contributed by atoms with E-state index in [0.29, 0.717) is 16.5 Å². The van der Waals surface area contributed by atoms with Crippen molar-refractivity contribution in [2.45, 2.75) is 45.1 Å². The number of nitrogens with zero attached hydrogens (tertiary/aromatic N) is 1. The van der Waals surface area contributed by atoms with Crippen LogP contribution in [-0.4, -0.2) is 16.9 Å². The van der Waals surface area contributed by atoms with Crippen molar-refractivity contribution < 1.29 is 9.53 Å². The zero-order valence-corrected chi connectivity index (χ0v) is 11.8. The Morgan fingerprint density at radius 3 is 2.63 bits per heavy atom. The van der Waals surface area contributed by atoms with E-state index in [1.807, 2.05) is 0 Å². The summed E-state index contributed by atoms with van der Waals surface area (Å²) in [5.41, 5.74) is 0.491. The molecule has 0 saturated heterocycles. The third-order valence-corrected chi connectivity index (χ3v) is 4.64. The van der Waals surface area contributed by atoms with Gasteiger partial charge in [-0.1, -0.05) is 24.4 Å². The lowest BCUT2D eigenvalue weighted by atomic mass is 9.87. The van der Waals surface area contributed by atoms with Crippen molar-refractivity contribution in [3.05, 3.63) is 22.8 Å². The van der Waals surface area contributed by atoms with Gasteiger partial charge in [-0.15, -0.1) is 0 Å². The molecule has 3 nitrogen and oxygen atoms in total. The van der Waals surface area contributed by atoms with Gasteiger partial charge in [-0.05, 0) is 38.0 Å². The number of hydrogen-bond donors (Lipinski definition) is 0. The van der Waals surface area contributed by atoms with Crippen LogP contribution in [0.2, 0.25) is 5.02 Å². The van der Waals surface area contributed by atoms with Crippen LogP contribution in [0, 0.1) is 11.8 Å². The topological polar surface area (TPSA) is 39.2 Å². The summed E-state index contributed by atoms with van der Waals surface area (Å²) in [6.07, 6.45) is 8.05. The Kier molecular flexibility index (Phi) is 3.48. The minimum atomic E-state index is -0.0547. The highest BCUT2D eigenvalue weighted by Crippen LogP contribution is 2.43. The van der Waals surface area contributed by atoms with E-state index in [1.54, 1.807) is 6.07 Å². The Hall–Kier alpha value is -1.09. The summed E-state index contributed by atoms with van der Waals surface area (Å²) in [6.45, 7) is 1.51. The van der Waals surface area contributed by atoms with Crippen LogP contribution in [0.1, 0.15) is 49.4 Å². The molecule has 1 aromatic rings. The molecule has 0 amide bonds. The molecule has 2 fully saturated rings. The molecular weight excluding hydrogens is 262 g/mol. The zero-order chi connectivity index (χ0) is 13.4. The van der Waals surface area contributed by atoms with Gasteiger partial charge in [0.25, 0.3) is 0 Å². The van der Waals surface area contributed by atoms with Crippen LogP contribution in [0.25, 0.3) is 0 Å². The van der Waals surface area contributed by atoms with Crippen molar-refractivity contribution in [2.24, 2.45) is 11.8 Å². The third-order valence-electron chi connectivity index (χ3n) is 4.34. The summed E-state index contributed by atoms with van der Waals surface area (Å²) < 4.78 is 5.96. The van der Waals surface area contributed by atoms with Crippen molar-refractivity contribution in [2.75, 3.05) is 0 Å². The number of rotatable bonds is 3. The lowest BCUT2D eigenvalue weighted by molar-refractivity contribution is 0.101. The predicted octanol–water partition coefficient (Wildman–Crippen LogP) is 3.90. The number of ketones is 1. The van der Waals surface area contributed by atoms with Crippen LogP contribution < -0.4 is 4.74 Å². The molecule has 3 rings (SSSR count). The molecule has 0 aliphatic heterocycles. The molecule has 0 N–H and O–H groups in total. The number of halogens is 1. The molecule has 19 heavy (non-hydrogen) atoms. The highest BCUT2D eigenvalue weighted by molar-refractivity contribution is 6.33. The van der Waals surface area contributed by atoms with Gasteiger partial charge in [-0.25, -0.2) is 4.98 Å². The molecule has 0 aromatic carbocycles. The third kappa shape index (κ3) is 2.76. The van der Waals surface area contributed by atoms with Crippen molar-refractivity contribution in [1.82, 2.24) is 4.98 Å². The maximum Gasteiger partial charge on any atom is 0.214 e. The van der Waals surface area contributed by atoms with Crippen LogP contribution in [0.5, 0.6) is 5.88 Å². The Morgan fingerprint density at radius 2 is 2.00 bits per heavy atom. The second-order valence-electron chi connectivity index (χ2n) is 5.81. The van der Waals surface area contributed by atoms with E-state index in [0.717, 1.165) is 24.7 Å². The van der Waals surface area contributed by atoms with Crippen LogP contribution >= 0.6 is 11.6 Å². The van der Waals surface area contributed by atoms with E-state index in [4.69, 9.17) is 16.3 Å². The van der Waals surface area contributed by atoms with E-state index in [2.05, 4.69) is 4.98 Å². The van der Waals surface area contributed by atoms with Crippen molar-refractivity contribution in [3.63, 3.8) is 0 Å². The first kappa shape index (κ1) is 12.9. The van der Waals surface area contributed by atoms with Crippen molar-refractivity contribution >= 4 is 17.4 Å². The average molecular weight is 280 g/mol. The molecule has 4 heteroatoms. The van der Waals surface area contributed by atoms with E-state index in [-0.39, 0.29) is 11.9 Å². The largest absolute Gasteiger partial charge is 0.474 e. The van der Waals surface area contributed by atoms with Crippen LogP contribution in [0.4, 0.5) is 0 Å². The van der Waals surface area contributed by atoms with Gasteiger partial charge in [0.2, 0.25) is 5.88 Å². The SMILES string of the molecule is CC(=O)c1cc(OC2C[C@H]3CC[C@@H](C2)C3)ncc1Cl. The van der Waals surface area contributed by atoms with Gasteiger partial charge in [0, 0.05) is 11.6 Å². The standard InChI is InChI=1S/C15H18ClNO2/c1-9(18)13-7-15(17-8-14(13)16)19-12-5-10-2-3-11(4-10)6-12/h7-8,10-12H,2-6H2,1H3/t10-,11+,12?. The number of aromatic nitrogens is 1. The van der Waals surface area contributed by atoms with Crippen LogP contribution in [0.15, 0.2) is 12.3 Å². The molecule has 3 atom stereocenters. The average Bonchev–Trinajstić information content (AvgIpc) is 2.71. The number of carbonyl (C=O) groups excluding carboxylic acids is 1. The molecule has 2 bridgehead atoms. The number of Topliss-reactive ketones (excluding diaryl/α,β-unsaturated/α-hetero) is 1. The summed E-state index contributed by atoms with van der Waals surface area (Å²) in [7, 11) is 0. The monoisotopic (exact) mass is 279 g/mol. The number of ether oxygens (including phenoxy) is 1. The first-order valence-electron chi connectivity index (χ1n) is 6.95.